The van der Waals surface area contributed by atoms with Crippen molar-refractivity contribution in [3.8, 4) is 16.9 Å². The van der Waals surface area contributed by atoms with Crippen molar-refractivity contribution in [1.29, 1.82) is 0 Å². The zero-order valence-corrected chi connectivity index (χ0v) is 13.5. The topological polar surface area (TPSA) is 43.7 Å². The zero-order valence-electron chi connectivity index (χ0n) is 13.5. The first-order valence-corrected chi connectivity index (χ1v) is 8.52. The van der Waals surface area contributed by atoms with Gasteiger partial charge in [-0.3, -0.25) is 0 Å². The molecule has 0 saturated carbocycles. The summed E-state index contributed by atoms with van der Waals surface area (Å²) >= 11 is 0. The largest absolute Gasteiger partial charge is 0.508 e. The minimum Gasteiger partial charge on any atom is -0.508 e. The molecule has 0 aliphatic carbocycles. The quantitative estimate of drug-likeness (QED) is 0.878. The Balaban J connectivity index is 1.58. The summed E-state index contributed by atoms with van der Waals surface area (Å²) in [5, 5.41) is 19.7. The molecule has 0 radical (unpaired) electrons. The average Bonchev–Trinajstić information content (AvgIpc) is 2.61. The zero-order chi connectivity index (χ0) is 16.1. The van der Waals surface area contributed by atoms with Gasteiger partial charge in [-0.05, 0) is 61.2 Å². The first-order valence-electron chi connectivity index (χ1n) is 8.52. The summed E-state index contributed by atoms with van der Waals surface area (Å²) in [6, 6.07) is 15.3. The Hall–Kier alpha value is -1.84. The van der Waals surface area contributed by atoms with Crippen molar-refractivity contribution in [2.24, 2.45) is 0 Å². The van der Waals surface area contributed by atoms with Gasteiger partial charge in [0.15, 0.2) is 0 Å². The number of aliphatic hydroxyl groups is 1. The lowest BCUT2D eigenvalue weighted by Gasteiger charge is -2.27. The molecule has 1 aliphatic heterocycles. The van der Waals surface area contributed by atoms with Crippen LogP contribution in [0.1, 0.15) is 37.4 Å². The molecule has 3 nitrogen and oxygen atoms in total. The van der Waals surface area contributed by atoms with Crippen LogP contribution in [-0.2, 0) is 0 Å². The number of hydrogen-bond acceptors (Lipinski definition) is 3. The predicted molar refractivity (Wildman–Crippen MR) is 93.4 cm³/mol. The van der Waals surface area contributed by atoms with Crippen molar-refractivity contribution in [1.82, 2.24) is 4.90 Å². The molecule has 2 N–H and O–H groups in total. The molecule has 1 atom stereocenters. The van der Waals surface area contributed by atoms with Crippen LogP contribution in [0.25, 0.3) is 11.1 Å². The number of rotatable bonds is 5. The number of phenols is 1. The fourth-order valence-electron chi connectivity index (χ4n) is 3.21. The van der Waals surface area contributed by atoms with Crippen LogP contribution in [0.2, 0.25) is 0 Å². The summed E-state index contributed by atoms with van der Waals surface area (Å²) in [5.74, 6) is 0.276. The number of benzene rings is 2. The predicted octanol–water partition coefficient (Wildman–Crippen LogP) is 3.97. The summed E-state index contributed by atoms with van der Waals surface area (Å²) in [6.45, 7) is 3.32. The van der Waals surface area contributed by atoms with E-state index in [1.54, 1.807) is 12.1 Å². The van der Waals surface area contributed by atoms with Crippen molar-refractivity contribution in [2.75, 3.05) is 19.6 Å². The van der Waals surface area contributed by atoms with E-state index in [0.29, 0.717) is 0 Å². The van der Waals surface area contributed by atoms with E-state index >= 15 is 0 Å². The average molecular weight is 311 g/mol. The molecule has 2 aromatic carbocycles. The highest BCUT2D eigenvalue weighted by atomic mass is 16.3. The summed E-state index contributed by atoms with van der Waals surface area (Å²) in [6.07, 6.45) is 4.32. The summed E-state index contributed by atoms with van der Waals surface area (Å²) in [7, 11) is 0. The number of hydrogen-bond donors (Lipinski definition) is 2. The fourth-order valence-corrected chi connectivity index (χ4v) is 3.21. The van der Waals surface area contributed by atoms with Crippen molar-refractivity contribution >= 4 is 0 Å². The molecule has 3 rings (SSSR count). The van der Waals surface area contributed by atoms with Gasteiger partial charge in [-0.15, -0.1) is 0 Å². The number of aromatic hydroxyl groups is 1. The standard InChI is InChI=1S/C20H25NO2/c22-19-10-8-17(9-11-19)16-4-6-18(7-5-16)20(23)12-15-21-13-2-1-3-14-21/h4-11,20,22-23H,1-3,12-15H2. The van der Waals surface area contributed by atoms with Gasteiger partial charge in [0.1, 0.15) is 5.75 Å². The molecule has 1 fully saturated rings. The molecular formula is C20H25NO2. The van der Waals surface area contributed by atoms with Gasteiger partial charge in [0.05, 0.1) is 6.10 Å². The first-order chi connectivity index (χ1) is 11.2. The lowest BCUT2D eigenvalue weighted by atomic mass is 10.0. The normalized spacial score (nSPS) is 17.1. The Morgan fingerprint density at radius 1 is 0.826 bits per heavy atom. The maximum absolute atomic E-state index is 10.4. The minimum absolute atomic E-state index is 0.276. The van der Waals surface area contributed by atoms with Gasteiger partial charge >= 0.3 is 0 Å². The Bertz CT molecular complexity index is 601. The van der Waals surface area contributed by atoms with Crippen LogP contribution in [0.3, 0.4) is 0 Å². The number of phenolic OH excluding ortho intramolecular Hbond substituents is 1. The summed E-state index contributed by atoms with van der Waals surface area (Å²) < 4.78 is 0. The minimum atomic E-state index is -0.397. The summed E-state index contributed by atoms with van der Waals surface area (Å²) in [4.78, 5) is 2.46. The number of piperidine rings is 1. The number of aliphatic hydroxyl groups excluding tert-OH is 1. The molecule has 2 aromatic rings. The molecule has 3 heteroatoms. The van der Waals surface area contributed by atoms with Crippen LogP contribution in [-0.4, -0.2) is 34.7 Å². The van der Waals surface area contributed by atoms with Crippen LogP contribution >= 0.6 is 0 Å². The van der Waals surface area contributed by atoms with Gasteiger partial charge < -0.3 is 15.1 Å². The van der Waals surface area contributed by atoms with E-state index < -0.39 is 6.10 Å². The third-order valence-electron chi connectivity index (χ3n) is 4.66. The van der Waals surface area contributed by atoms with E-state index in [-0.39, 0.29) is 5.75 Å². The second kappa shape index (κ2) is 7.62. The summed E-state index contributed by atoms with van der Waals surface area (Å²) in [5.41, 5.74) is 3.14. The van der Waals surface area contributed by atoms with Crippen LogP contribution in [0.15, 0.2) is 48.5 Å². The van der Waals surface area contributed by atoms with E-state index in [1.807, 2.05) is 36.4 Å². The molecule has 0 amide bonds. The monoisotopic (exact) mass is 311 g/mol. The van der Waals surface area contributed by atoms with Crippen LogP contribution in [0.5, 0.6) is 5.75 Å². The highest BCUT2D eigenvalue weighted by Crippen LogP contribution is 2.25. The second-order valence-corrected chi connectivity index (χ2v) is 6.38. The van der Waals surface area contributed by atoms with E-state index in [9.17, 15) is 10.2 Å². The lowest BCUT2D eigenvalue weighted by Crippen LogP contribution is -2.31. The fraction of sp³-hybridized carbons (Fsp3) is 0.400. The smallest absolute Gasteiger partial charge is 0.115 e. The van der Waals surface area contributed by atoms with Crippen molar-refractivity contribution in [3.63, 3.8) is 0 Å². The SMILES string of the molecule is Oc1ccc(-c2ccc(C(O)CCN3CCCCC3)cc2)cc1. The van der Waals surface area contributed by atoms with Gasteiger partial charge in [-0.25, -0.2) is 0 Å². The van der Waals surface area contributed by atoms with Gasteiger partial charge in [0.2, 0.25) is 0 Å². The Kier molecular flexibility index (Phi) is 5.31. The third-order valence-corrected chi connectivity index (χ3v) is 4.66. The van der Waals surface area contributed by atoms with Crippen LogP contribution in [0.4, 0.5) is 0 Å². The van der Waals surface area contributed by atoms with Crippen molar-refractivity contribution < 1.29 is 10.2 Å². The van der Waals surface area contributed by atoms with E-state index in [0.717, 1.165) is 29.7 Å². The van der Waals surface area contributed by atoms with Gasteiger partial charge in [-0.1, -0.05) is 42.8 Å². The van der Waals surface area contributed by atoms with Gasteiger partial charge in [-0.2, -0.15) is 0 Å². The third kappa shape index (κ3) is 4.34. The number of nitrogens with zero attached hydrogens (tertiary/aromatic N) is 1. The Morgan fingerprint density at radius 2 is 1.39 bits per heavy atom. The maximum Gasteiger partial charge on any atom is 0.115 e. The molecule has 0 spiro atoms. The molecule has 1 saturated heterocycles. The molecule has 0 aromatic heterocycles. The number of likely N-dealkylation sites (tertiary alicyclic amines) is 1. The molecule has 1 unspecified atom stereocenters. The highest BCUT2D eigenvalue weighted by Gasteiger charge is 2.13. The molecule has 1 aliphatic rings. The maximum atomic E-state index is 10.4. The van der Waals surface area contributed by atoms with Crippen molar-refractivity contribution in [2.45, 2.75) is 31.8 Å². The molecule has 23 heavy (non-hydrogen) atoms. The lowest BCUT2D eigenvalue weighted by molar-refractivity contribution is 0.134. The van der Waals surface area contributed by atoms with E-state index in [4.69, 9.17) is 0 Å². The molecule has 122 valence electrons. The van der Waals surface area contributed by atoms with Gasteiger partial charge in [0, 0.05) is 6.54 Å². The first kappa shape index (κ1) is 16.0. The highest BCUT2D eigenvalue weighted by molar-refractivity contribution is 5.64. The van der Waals surface area contributed by atoms with Crippen LogP contribution in [0, 0.1) is 0 Å². The van der Waals surface area contributed by atoms with E-state index in [1.165, 1.54) is 32.4 Å². The van der Waals surface area contributed by atoms with Crippen LogP contribution < -0.4 is 0 Å². The molecule has 0 bridgehead atoms. The molecule has 1 heterocycles. The second-order valence-electron chi connectivity index (χ2n) is 6.38. The van der Waals surface area contributed by atoms with E-state index in [2.05, 4.69) is 4.90 Å². The molecular weight excluding hydrogens is 286 g/mol. The van der Waals surface area contributed by atoms with Crippen molar-refractivity contribution in [3.05, 3.63) is 54.1 Å². The Labute approximate surface area is 138 Å². The van der Waals surface area contributed by atoms with Gasteiger partial charge in [0.25, 0.3) is 0 Å². The Morgan fingerprint density at radius 3 is 2.00 bits per heavy atom.